The van der Waals surface area contributed by atoms with Gasteiger partial charge in [-0.3, -0.25) is 9.48 Å². The van der Waals surface area contributed by atoms with Crippen molar-refractivity contribution < 1.29 is 17.9 Å². The first-order chi connectivity index (χ1) is 10.9. The highest BCUT2D eigenvalue weighted by Gasteiger charge is 2.33. The first-order valence-electron chi connectivity index (χ1n) is 7.48. The van der Waals surface area contributed by atoms with E-state index in [1.807, 2.05) is 0 Å². The van der Waals surface area contributed by atoms with Crippen LogP contribution in [0, 0.1) is 5.92 Å². The van der Waals surface area contributed by atoms with Gasteiger partial charge in [0.1, 0.15) is 12.7 Å². The molecule has 1 aromatic rings. The van der Waals surface area contributed by atoms with Crippen LogP contribution in [0.4, 0.5) is 0 Å². The van der Waals surface area contributed by atoms with Crippen LogP contribution in [0.25, 0.3) is 0 Å². The summed E-state index contributed by atoms with van der Waals surface area (Å²) in [5, 5.41) is 6.85. The second-order valence-corrected chi connectivity index (χ2v) is 8.02. The zero-order valence-electron chi connectivity index (χ0n) is 13.4. The highest BCUT2D eigenvalue weighted by atomic mass is 32.2. The second kappa shape index (κ2) is 7.84. The van der Waals surface area contributed by atoms with Crippen molar-refractivity contribution in [2.24, 2.45) is 5.92 Å². The summed E-state index contributed by atoms with van der Waals surface area (Å²) >= 11 is 0. The second-order valence-electron chi connectivity index (χ2n) is 5.79. The Balaban J connectivity index is 1.77. The predicted molar refractivity (Wildman–Crippen MR) is 83.0 cm³/mol. The summed E-state index contributed by atoms with van der Waals surface area (Å²) in [5.41, 5.74) is 0. The van der Waals surface area contributed by atoms with Crippen LogP contribution in [0.5, 0.6) is 0 Å². The number of aryl methyl sites for hydroxylation is 1. The molecule has 2 atom stereocenters. The van der Waals surface area contributed by atoms with Gasteiger partial charge in [0.05, 0.1) is 25.0 Å². The molecule has 1 amide bonds. The van der Waals surface area contributed by atoms with E-state index in [9.17, 15) is 13.2 Å². The largest absolute Gasteiger partial charge is 0.379 e. The molecule has 2 rings (SSSR count). The van der Waals surface area contributed by atoms with Crippen LogP contribution in [0.2, 0.25) is 0 Å². The fraction of sp³-hybridized carbons (Fsp3) is 0.769. The smallest absolute Gasteiger partial charge is 0.220 e. The van der Waals surface area contributed by atoms with Crippen LogP contribution >= 0.6 is 0 Å². The van der Waals surface area contributed by atoms with Crippen molar-refractivity contribution in [1.82, 2.24) is 24.4 Å². The minimum absolute atomic E-state index is 0.0239. The molecule has 0 aliphatic carbocycles. The fourth-order valence-corrected chi connectivity index (χ4v) is 3.54. The third-order valence-corrected chi connectivity index (χ3v) is 5.75. The van der Waals surface area contributed by atoms with Gasteiger partial charge in [-0.1, -0.05) is 0 Å². The number of sulfonamides is 1. The summed E-state index contributed by atoms with van der Waals surface area (Å²) in [6, 6.07) is -0.261. The molecule has 1 N–H and O–H groups in total. The molecule has 1 aromatic heterocycles. The fourth-order valence-electron chi connectivity index (χ4n) is 2.37. The number of carbonyl (C=O) groups excluding carboxylic acids is 1. The minimum Gasteiger partial charge on any atom is -0.379 e. The quantitative estimate of drug-likeness (QED) is 0.653. The van der Waals surface area contributed by atoms with Gasteiger partial charge in [0, 0.05) is 33.0 Å². The zero-order valence-corrected chi connectivity index (χ0v) is 14.2. The number of amides is 1. The molecule has 23 heavy (non-hydrogen) atoms. The number of carbonyl (C=O) groups is 1. The predicted octanol–water partition coefficient (Wildman–Crippen LogP) is -0.919. The van der Waals surface area contributed by atoms with Gasteiger partial charge in [-0.25, -0.2) is 17.7 Å². The highest BCUT2D eigenvalue weighted by molar-refractivity contribution is 7.89. The number of rotatable bonds is 8. The van der Waals surface area contributed by atoms with Gasteiger partial charge in [-0.2, -0.15) is 5.10 Å². The van der Waals surface area contributed by atoms with Gasteiger partial charge in [0.2, 0.25) is 15.9 Å². The lowest BCUT2D eigenvalue weighted by Crippen LogP contribution is -2.43. The molecule has 0 spiro atoms. The van der Waals surface area contributed by atoms with E-state index in [4.69, 9.17) is 4.74 Å². The van der Waals surface area contributed by atoms with Gasteiger partial charge < -0.3 is 10.1 Å². The van der Waals surface area contributed by atoms with Gasteiger partial charge in [0.15, 0.2) is 0 Å². The number of nitrogens with one attached hydrogen (secondary N) is 1. The summed E-state index contributed by atoms with van der Waals surface area (Å²) in [6.07, 6.45) is 4.05. The van der Waals surface area contributed by atoms with E-state index in [-0.39, 0.29) is 23.6 Å². The molecule has 1 aliphatic rings. The Morgan fingerprint density at radius 3 is 2.87 bits per heavy atom. The average molecular weight is 345 g/mol. The summed E-state index contributed by atoms with van der Waals surface area (Å²) < 4.78 is 32.1. The lowest BCUT2D eigenvalue weighted by atomic mass is 10.1. The molecule has 1 fully saturated rings. The van der Waals surface area contributed by atoms with Crippen LogP contribution in [-0.4, -0.2) is 72.5 Å². The maximum absolute atomic E-state index is 12.0. The number of hydrogen-bond acceptors (Lipinski definition) is 6. The molecular weight excluding hydrogens is 322 g/mol. The molecule has 1 aliphatic heterocycles. The molecule has 0 aromatic carbocycles. The minimum atomic E-state index is -3.31. The zero-order chi connectivity index (χ0) is 16.9. The lowest BCUT2D eigenvalue weighted by Gasteiger charge is -2.21. The molecule has 0 bridgehead atoms. The molecule has 9 nitrogen and oxygen atoms in total. The van der Waals surface area contributed by atoms with Gasteiger partial charge in [-0.15, -0.1) is 0 Å². The molecule has 10 heteroatoms. The summed E-state index contributed by atoms with van der Waals surface area (Å²) in [4.78, 5) is 15.8. The maximum atomic E-state index is 12.0. The van der Waals surface area contributed by atoms with E-state index in [0.717, 1.165) is 0 Å². The molecule has 0 saturated carbocycles. The van der Waals surface area contributed by atoms with Crippen molar-refractivity contribution in [1.29, 1.82) is 0 Å². The lowest BCUT2D eigenvalue weighted by molar-refractivity contribution is -0.122. The number of hydrogen-bond donors (Lipinski definition) is 1. The molecule has 0 unspecified atom stereocenters. The van der Waals surface area contributed by atoms with Gasteiger partial charge >= 0.3 is 0 Å². The topological polar surface area (TPSA) is 106 Å². The van der Waals surface area contributed by atoms with Crippen molar-refractivity contribution >= 4 is 15.9 Å². The first kappa shape index (κ1) is 17.8. The van der Waals surface area contributed by atoms with Crippen molar-refractivity contribution in [3.63, 3.8) is 0 Å². The summed E-state index contributed by atoms with van der Waals surface area (Å²) in [6.45, 7) is 1.31. The summed E-state index contributed by atoms with van der Waals surface area (Å²) in [5.74, 6) is -0.348. The standard InChI is InChI=1S/C13H23N5O4S/c1-17(2)23(20,21)8-11-6-22-7-12(11)16-13(19)4-3-5-18-10-14-9-15-18/h9-12H,3-8H2,1-2H3,(H,16,19)/t11-,12-/m0/s1. The highest BCUT2D eigenvalue weighted by Crippen LogP contribution is 2.17. The number of nitrogens with zero attached hydrogens (tertiary/aromatic N) is 4. The van der Waals surface area contributed by atoms with Crippen molar-refractivity contribution in [2.75, 3.05) is 33.1 Å². The number of ether oxygens (including phenoxy) is 1. The Bertz CT molecular complexity index is 602. The van der Waals surface area contributed by atoms with E-state index in [1.165, 1.54) is 24.7 Å². The van der Waals surface area contributed by atoms with E-state index < -0.39 is 10.0 Å². The molecular formula is C13H23N5O4S. The molecule has 0 radical (unpaired) electrons. The van der Waals surface area contributed by atoms with Crippen molar-refractivity contribution in [2.45, 2.75) is 25.4 Å². The normalized spacial score (nSPS) is 21.7. The van der Waals surface area contributed by atoms with Crippen molar-refractivity contribution in [3.05, 3.63) is 12.7 Å². The Labute approximate surface area is 136 Å². The van der Waals surface area contributed by atoms with Crippen LogP contribution in [0.1, 0.15) is 12.8 Å². The average Bonchev–Trinajstić information content (AvgIpc) is 3.11. The van der Waals surface area contributed by atoms with Crippen LogP contribution in [0.15, 0.2) is 12.7 Å². The van der Waals surface area contributed by atoms with E-state index in [0.29, 0.717) is 32.6 Å². The van der Waals surface area contributed by atoms with Crippen LogP contribution in [-0.2, 0) is 26.1 Å². The van der Waals surface area contributed by atoms with Crippen LogP contribution in [0.3, 0.4) is 0 Å². The van der Waals surface area contributed by atoms with E-state index >= 15 is 0 Å². The van der Waals surface area contributed by atoms with E-state index in [2.05, 4.69) is 15.4 Å². The Hall–Kier alpha value is -1.52. The van der Waals surface area contributed by atoms with Gasteiger partial charge in [-0.05, 0) is 6.42 Å². The number of aromatic nitrogens is 3. The summed E-state index contributed by atoms with van der Waals surface area (Å²) in [7, 11) is -0.308. The molecule has 1 saturated heterocycles. The van der Waals surface area contributed by atoms with Crippen molar-refractivity contribution in [3.8, 4) is 0 Å². The molecule has 130 valence electrons. The Kier molecular flexibility index (Phi) is 6.08. The third-order valence-electron chi connectivity index (χ3n) is 3.78. The Morgan fingerprint density at radius 1 is 1.43 bits per heavy atom. The SMILES string of the molecule is CN(C)S(=O)(=O)C[C@@H]1COC[C@@H]1NC(=O)CCCn1cncn1. The molecule has 2 heterocycles. The maximum Gasteiger partial charge on any atom is 0.220 e. The first-order valence-corrected chi connectivity index (χ1v) is 9.09. The Morgan fingerprint density at radius 2 is 2.22 bits per heavy atom. The van der Waals surface area contributed by atoms with Crippen LogP contribution < -0.4 is 5.32 Å². The monoisotopic (exact) mass is 345 g/mol. The third kappa shape index (κ3) is 5.26. The van der Waals surface area contributed by atoms with Gasteiger partial charge in [0.25, 0.3) is 0 Å². The van der Waals surface area contributed by atoms with E-state index in [1.54, 1.807) is 11.0 Å².